The van der Waals surface area contributed by atoms with Gasteiger partial charge in [0, 0.05) is 18.1 Å². The minimum Gasteiger partial charge on any atom is -0.478 e. The van der Waals surface area contributed by atoms with E-state index in [-0.39, 0.29) is 11.4 Å². The van der Waals surface area contributed by atoms with Crippen LogP contribution in [0.25, 0.3) is 10.9 Å². The zero-order valence-electron chi connectivity index (χ0n) is 8.20. The minimum absolute atomic E-state index is 0.215. The predicted octanol–water partition coefficient (Wildman–Crippen LogP) is 2.50. The molecule has 78 valence electrons. The van der Waals surface area contributed by atoms with E-state index in [4.69, 9.17) is 5.11 Å². The van der Waals surface area contributed by atoms with Crippen LogP contribution < -0.4 is 0 Å². The molecule has 0 aliphatic heterocycles. The molecule has 0 atom stereocenters. The number of halogens is 1. The Morgan fingerprint density at radius 1 is 1.53 bits per heavy atom. The number of carbonyl (C=O) groups is 1. The maximum absolute atomic E-state index is 13.0. The lowest BCUT2D eigenvalue weighted by Gasteiger charge is -1.99. The predicted molar refractivity (Wildman–Crippen MR) is 54.5 cm³/mol. The first kappa shape index (κ1) is 9.71. The molecule has 4 heteroatoms. The summed E-state index contributed by atoms with van der Waals surface area (Å²) in [5.41, 5.74) is 0.835. The molecule has 0 saturated heterocycles. The molecule has 1 N–H and O–H groups in total. The van der Waals surface area contributed by atoms with Crippen LogP contribution in [0.2, 0.25) is 0 Å². The van der Waals surface area contributed by atoms with Gasteiger partial charge in [0.25, 0.3) is 0 Å². The summed E-state index contributed by atoms with van der Waals surface area (Å²) in [6.07, 6.45) is 1.53. The molecule has 2 rings (SSSR count). The van der Waals surface area contributed by atoms with Crippen LogP contribution in [0, 0.1) is 5.82 Å². The van der Waals surface area contributed by atoms with Gasteiger partial charge in [0.15, 0.2) is 0 Å². The van der Waals surface area contributed by atoms with Crippen molar-refractivity contribution in [1.82, 2.24) is 4.57 Å². The van der Waals surface area contributed by atoms with Crippen molar-refractivity contribution in [3.8, 4) is 0 Å². The molecular weight excluding hydrogens is 197 g/mol. The summed E-state index contributed by atoms with van der Waals surface area (Å²) >= 11 is 0. The van der Waals surface area contributed by atoms with Crippen LogP contribution in [0.3, 0.4) is 0 Å². The van der Waals surface area contributed by atoms with Crippen molar-refractivity contribution in [2.45, 2.75) is 13.5 Å². The van der Waals surface area contributed by atoms with Crippen molar-refractivity contribution in [3.05, 3.63) is 35.8 Å². The summed E-state index contributed by atoms with van der Waals surface area (Å²) < 4.78 is 14.7. The van der Waals surface area contributed by atoms with E-state index in [1.807, 2.05) is 6.92 Å². The smallest absolute Gasteiger partial charge is 0.337 e. The number of aromatic carboxylic acids is 1. The maximum Gasteiger partial charge on any atom is 0.337 e. The number of nitrogens with zero attached hydrogens (tertiary/aromatic N) is 1. The van der Waals surface area contributed by atoms with E-state index in [0.29, 0.717) is 17.4 Å². The number of carboxylic acid groups (broad SMARTS) is 1. The number of benzene rings is 1. The molecule has 0 unspecified atom stereocenters. The van der Waals surface area contributed by atoms with Crippen LogP contribution in [0.15, 0.2) is 24.4 Å². The molecule has 0 saturated carbocycles. The van der Waals surface area contributed by atoms with Crippen LogP contribution in [-0.4, -0.2) is 15.6 Å². The number of carboxylic acids is 1. The Labute approximate surface area is 85.7 Å². The zero-order chi connectivity index (χ0) is 11.0. The first-order valence-corrected chi connectivity index (χ1v) is 4.65. The summed E-state index contributed by atoms with van der Waals surface area (Å²) in [6.45, 7) is 2.50. The largest absolute Gasteiger partial charge is 0.478 e. The van der Waals surface area contributed by atoms with Gasteiger partial charge in [-0.15, -0.1) is 0 Å². The second-order valence-electron chi connectivity index (χ2n) is 3.30. The summed E-state index contributed by atoms with van der Waals surface area (Å²) in [5.74, 6) is -1.34. The highest BCUT2D eigenvalue weighted by Gasteiger charge is 2.13. The zero-order valence-corrected chi connectivity index (χ0v) is 8.20. The molecule has 0 fully saturated rings. The molecule has 0 aliphatic carbocycles. The molecule has 0 spiro atoms. The molecular formula is C11H10FNO2. The molecule has 1 heterocycles. The fourth-order valence-electron chi connectivity index (χ4n) is 1.70. The fraction of sp³-hybridized carbons (Fsp3) is 0.182. The highest BCUT2D eigenvalue weighted by atomic mass is 19.1. The molecule has 1 aromatic carbocycles. The monoisotopic (exact) mass is 207 g/mol. The van der Waals surface area contributed by atoms with Crippen molar-refractivity contribution in [1.29, 1.82) is 0 Å². The van der Waals surface area contributed by atoms with Gasteiger partial charge >= 0.3 is 5.97 Å². The van der Waals surface area contributed by atoms with Gasteiger partial charge in [-0.05, 0) is 25.1 Å². The van der Waals surface area contributed by atoms with E-state index in [1.165, 1.54) is 24.4 Å². The third-order valence-electron chi connectivity index (χ3n) is 2.42. The van der Waals surface area contributed by atoms with Crippen molar-refractivity contribution >= 4 is 16.9 Å². The highest BCUT2D eigenvalue weighted by Crippen LogP contribution is 2.22. The van der Waals surface area contributed by atoms with Crippen molar-refractivity contribution < 1.29 is 14.3 Å². The Hall–Kier alpha value is -1.84. The summed E-state index contributed by atoms with van der Waals surface area (Å²) in [4.78, 5) is 10.9. The lowest BCUT2D eigenvalue weighted by Crippen LogP contribution is -1.94. The molecule has 15 heavy (non-hydrogen) atoms. The van der Waals surface area contributed by atoms with Crippen molar-refractivity contribution in [3.63, 3.8) is 0 Å². The lowest BCUT2D eigenvalue weighted by atomic mass is 10.2. The Balaban J connectivity index is 2.81. The number of hydrogen-bond donors (Lipinski definition) is 1. The average molecular weight is 207 g/mol. The van der Waals surface area contributed by atoms with Crippen molar-refractivity contribution in [2.75, 3.05) is 0 Å². The van der Waals surface area contributed by atoms with E-state index < -0.39 is 5.97 Å². The molecule has 3 nitrogen and oxygen atoms in total. The van der Waals surface area contributed by atoms with Gasteiger partial charge in [0.1, 0.15) is 5.82 Å². The molecule has 0 amide bonds. The van der Waals surface area contributed by atoms with Crippen LogP contribution in [-0.2, 0) is 6.54 Å². The highest BCUT2D eigenvalue weighted by molar-refractivity contribution is 6.03. The van der Waals surface area contributed by atoms with E-state index in [2.05, 4.69) is 0 Å². The molecule has 1 aromatic heterocycles. The number of aromatic nitrogens is 1. The Morgan fingerprint density at radius 3 is 2.87 bits per heavy atom. The topological polar surface area (TPSA) is 42.2 Å². The first-order valence-electron chi connectivity index (χ1n) is 4.65. The Bertz CT molecular complexity index is 531. The van der Waals surface area contributed by atoms with Gasteiger partial charge in [0.2, 0.25) is 0 Å². The molecule has 0 bridgehead atoms. The Kier molecular flexibility index (Phi) is 2.19. The number of rotatable bonds is 2. The molecule has 0 radical (unpaired) electrons. The standard InChI is InChI=1S/C11H10FNO2/c1-2-13-6-9(11(14)15)8-4-3-7(12)5-10(8)13/h3-6H,2H2,1H3,(H,14,15). The SMILES string of the molecule is CCn1cc(C(=O)O)c2ccc(F)cc21. The van der Waals surface area contributed by atoms with Gasteiger partial charge in [-0.2, -0.15) is 0 Å². The van der Waals surface area contributed by atoms with Gasteiger partial charge in [-0.1, -0.05) is 0 Å². The maximum atomic E-state index is 13.0. The third-order valence-corrected chi connectivity index (χ3v) is 2.42. The quantitative estimate of drug-likeness (QED) is 0.822. The molecule has 2 aromatic rings. The number of aryl methyl sites for hydroxylation is 1. The fourth-order valence-corrected chi connectivity index (χ4v) is 1.70. The average Bonchev–Trinajstić information content (AvgIpc) is 2.55. The summed E-state index contributed by atoms with van der Waals surface area (Å²) in [5, 5.41) is 9.53. The van der Waals surface area contributed by atoms with E-state index >= 15 is 0 Å². The van der Waals surface area contributed by atoms with Crippen LogP contribution >= 0.6 is 0 Å². The van der Waals surface area contributed by atoms with Crippen LogP contribution in [0.5, 0.6) is 0 Å². The van der Waals surface area contributed by atoms with Crippen LogP contribution in [0.1, 0.15) is 17.3 Å². The minimum atomic E-state index is -0.987. The number of fused-ring (bicyclic) bond motifs is 1. The Morgan fingerprint density at radius 2 is 2.27 bits per heavy atom. The van der Waals surface area contributed by atoms with E-state index in [0.717, 1.165) is 0 Å². The van der Waals surface area contributed by atoms with E-state index in [1.54, 1.807) is 4.57 Å². The van der Waals surface area contributed by atoms with Crippen LogP contribution in [0.4, 0.5) is 4.39 Å². The second kappa shape index (κ2) is 3.38. The lowest BCUT2D eigenvalue weighted by molar-refractivity contribution is 0.0699. The summed E-state index contributed by atoms with van der Waals surface area (Å²) in [7, 11) is 0. The van der Waals surface area contributed by atoms with Gasteiger partial charge in [0.05, 0.1) is 11.1 Å². The third kappa shape index (κ3) is 1.48. The van der Waals surface area contributed by atoms with Gasteiger partial charge < -0.3 is 9.67 Å². The first-order chi connectivity index (χ1) is 7.13. The van der Waals surface area contributed by atoms with Gasteiger partial charge in [-0.3, -0.25) is 0 Å². The normalized spacial score (nSPS) is 10.8. The van der Waals surface area contributed by atoms with Gasteiger partial charge in [-0.25, -0.2) is 9.18 Å². The second-order valence-corrected chi connectivity index (χ2v) is 3.30. The van der Waals surface area contributed by atoms with Crippen molar-refractivity contribution in [2.24, 2.45) is 0 Å². The summed E-state index contributed by atoms with van der Waals surface area (Å²) in [6, 6.07) is 4.13. The van der Waals surface area contributed by atoms with E-state index in [9.17, 15) is 9.18 Å². The molecule has 0 aliphatic rings. The number of hydrogen-bond acceptors (Lipinski definition) is 1.